The van der Waals surface area contributed by atoms with E-state index in [1.165, 1.54) is 23.5 Å². The highest BCUT2D eigenvalue weighted by Crippen LogP contribution is 2.39. The highest BCUT2D eigenvalue weighted by Gasteiger charge is 2.31. The predicted octanol–water partition coefficient (Wildman–Crippen LogP) is 5.02. The topological polar surface area (TPSA) is 52.9 Å². The van der Waals surface area contributed by atoms with Crippen molar-refractivity contribution in [3.63, 3.8) is 0 Å². The molecule has 25 heavy (non-hydrogen) atoms. The van der Waals surface area contributed by atoms with Crippen molar-refractivity contribution in [1.29, 1.82) is 5.26 Å². The Bertz CT molecular complexity index is 864. The molecule has 1 aromatic carbocycles. The zero-order valence-electron chi connectivity index (χ0n) is 13.4. The largest absolute Gasteiger partial charge is 0.416 e. The molecule has 0 unspecified atom stereocenters. The van der Waals surface area contributed by atoms with E-state index in [0.29, 0.717) is 16.5 Å². The molecule has 0 aliphatic heterocycles. The van der Waals surface area contributed by atoms with Gasteiger partial charge in [0.05, 0.1) is 11.1 Å². The fraction of sp³-hybridized carbons (Fsp3) is 0.333. The number of anilines is 1. The lowest BCUT2D eigenvalue weighted by Gasteiger charge is -2.17. The molecule has 0 saturated carbocycles. The molecular weight excluding hydrogens is 349 g/mol. The molecule has 1 amide bonds. The Morgan fingerprint density at radius 3 is 2.84 bits per heavy atom. The molecule has 7 heteroatoms. The summed E-state index contributed by atoms with van der Waals surface area (Å²) in [5.41, 5.74) is 0.440. The van der Waals surface area contributed by atoms with Crippen molar-refractivity contribution in [2.24, 2.45) is 5.92 Å². The lowest BCUT2D eigenvalue weighted by molar-refractivity contribution is -0.137. The van der Waals surface area contributed by atoms with Crippen LogP contribution in [0.15, 0.2) is 24.3 Å². The fourth-order valence-electron chi connectivity index (χ4n) is 2.97. The van der Waals surface area contributed by atoms with E-state index in [1.54, 1.807) is 0 Å². The number of nitriles is 1. The van der Waals surface area contributed by atoms with E-state index in [2.05, 4.69) is 18.3 Å². The maximum Gasteiger partial charge on any atom is 0.416 e. The van der Waals surface area contributed by atoms with Gasteiger partial charge in [-0.25, -0.2) is 0 Å². The van der Waals surface area contributed by atoms with Crippen molar-refractivity contribution in [3.8, 4) is 6.07 Å². The zero-order chi connectivity index (χ0) is 18.2. The van der Waals surface area contributed by atoms with E-state index in [0.717, 1.165) is 41.8 Å². The smallest absolute Gasteiger partial charge is 0.312 e. The van der Waals surface area contributed by atoms with Crippen molar-refractivity contribution in [2.45, 2.75) is 32.4 Å². The number of carbonyl (C=O) groups excluding carboxylic acids is 1. The molecule has 130 valence electrons. The number of nitrogens with zero attached hydrogens (tertiary/aromatic N) is 1. The monoisotopic (exact) mass is 364 g/mol. The molecule has 0 radical (unpaired) electrons. The predicted molar refractivity (Wildman–Crippen MR) is 89.6 cm³/mol. The number of carbonyl (C=O) groups is 1. The molecule has 1 heterocycles. The van der Waals surface area contributed by atoms with Gasteiger partial charge in [0.25, 0.3) is 5.91 Å². The Kier molecular flexibility index (Phi) is 4.56. The van der Waals surface area contributed by atoms with Crippen LogP contribution in [0.5, 0.6) is 0 Å². The van der Waals surface area contributed by atoms with E-state index >= 15 is 0 Å². The summed E-state index contributed by atoms with van der Waals surface area (Å²) in [6.45, 7) is 2.13. The van der Waals surface area contributed by atoms with Gasteiger partial charge in [0.15, 0.2) is 0 Å². The van der Waals surface area contributed by atoms with E-state index in [1.807, 2.05) is 0 Å². The molecule has 0 fully saturated rings. The van der Waals surface area contributed by atoms with Crippen LogP contribution in [-0.4, -0.2) is 5.91 Å². The third kappa shape index (κ3) is 3.54. The van der Waals surface area contributed by atoms with E-state index < -0.39 is 17.6 Å². The average Bonchev–Trinajstić information content (AvgIpc) is 2.90. The van der Waals surface area contributed by atoms with Crippen LogP contribution in [0.2, 0.25) is 0 Å². The molecule has 1 aliphatic carbocycles. The first kappa shape index (κ1) is 17.5. The van der Waals surface area contributed by atoms with E-state index in [9.17, 15) is 23.2 Å². The number of halogens is 3. The molecule has 3 rings (SSSR count). The lowest BCUT2D eigenvalue weighted by atomic mass is 9.88. The first-order valence-electron chi connectivity index (χ1n) is 7.83. The molecule has 2 aromatic rings. The van der Waals surface area contributed by atoms with Crippen molar-refractivity contribution in [2.75, 3.05) is 5.32 Å². The summed E-state index contributed by atoms with van der Waals surface area (Å²) in [5, 5.41) is 12.5. The number of alkyl halides is 3. The van der Waals surface area contributed by atoms with Gasteiger partial charge in [-0.1, -0.05) is 13.0 Å². The first-order chi connectivity index (χ1) is 11.8. The van der Waals surface area contributed by atoms with Crippen LogP contribution in [0.25, 0.3) is 0 Å². The molecule has 1 atom stereocenters. The summed E-state index contributed by atoms with van der Waals surface area (Å²) in [5.74, 6) is -0.126. The van der Waals surface area contributed by atoms with Crippen molar-refractivity contribution in [3.05, 3.63) is 51.4 Å². The molecule has 1 aliphatic rings. The minimum absolute atomic E-state index is 0.0848. The summed E-state index contributed by atoms with van der Waals surface area (Å²) >= 11 is 1.35. The number of nitrogens with one attached hydrogen (secondary N) is 1. The average molecular weight is 364 g/mol. The van der Waals surface area contributed by atoms with Gasteiger partial charge in [0.2, 0.25) is 0 Å². The molecule has 0 spiro atoms. The van der Waals surface area contributed by atoms with Gasteiger partial charge < -0.3 is 5.32 Å². The third-order valence-corrected chi connectivity index (χ3v) is 5.47. The van der Waals surface area contributed by atoms with Crippen LogP contribution in [-0.2, 0) is 19.0 Å². The standard InChI is InChI=1S/C18H15F3N2OS/c1-10-5-6-13-14(9-22)17(25-15(13)7-10)23-16(24)11-3-2-4-12(8-11)18(19,20)21/h2-4,8,10H,5-7H2,1H3,(H,23,24)/t10-/m1/s1. The number of hydrogen-bond donors (Lipinski definition) is 1. The lowest BCUT2D eigenvalue weighted by Crippen LogP contribution is -2.14. The Hall–Kier alpha value is -2.33. The molecule has 1 N–H and O–H groups in total. The molecule has 3 nitrogen and oxygen atoms in total. The minimum atomic E-state index is -4.51. The minimum Gasteiger partial charge on any atom is -0.312 e. The van der Waals surface area contributed by atoms with Crippen LogP contribution in [0.1, 0.15) is 45.3 Å². The number of thiophene rings is 1. The summed E-state index contributed by atoms with van der Waals surface area (Å²) in [6.07, 6.45) is -1.88. The summed E-state index contributed by atoms with van der Waals surface area (Å²) in [6, 6.07) is 6.39. The summed E-state index contributed by atoms with van der Waals surface area (Å²) in [4.78, 5) is 13.4. The SMILES string of the molecule is C[C@@H]1CCc2c(sc(NC(=O)c3cccc(C(F)(F)F)c3)c2C#N)C1. The van der Waals surface area contributed by atoms with E-state index in [4.69, 9.17) is 0 Å². The van der Waals surface area contributed by atoms with Gasteiger partial charge in [0, 0.05) is 10.4 Å². The number of amides is 1. The quantitative estimate of drug-likeness (QED) is 0.814. The van der Waals surface area contributed by atoms with Gasteiger partial charge >= 0.3 is 6.18 Å². The fourth-order valence-corrected chi connectivity index (χ4v) is 4.33. The van der Waals surface area contributed by atoms with Crippen LogP contribution < -0.4 is 5.32 Å². The zero-order valence-corrected chi connectivity index (χ0v) is 14.2. The maximum atomic E-state index is 12.8. The van der Waals surface area contributed by atoms with Crippen LogP contribution in [0.3, 0.4) is 0 Å². The second kappa shape index (κ2) is 6.52. The Morgan fingerprint density at radius 1 is 1.40 bits per heavy atom. The summed E-state index contributed by atoms with van der Waals surface area (Å²) < 4.78 is 38.4. The van der Waals surface area contributed by atoms with Crippen molar-refractivity contribution in [1.82, 2.24) is 0 Å². The van der Waals surface area contributed by atoms with Gasteiger partial charge in [-0.05, 0) is 48.9 Å². The number of benzene rings is 1. The van der Waals surface area contributed by atoms with Gasteiger partial charge in [-0.3, -0.25) is 4.79 Å². The van der Waals surface area contributed by atoms with Gasteiger partial charge in [0.1, 0.15) is 11.1 Å². The van der Waals surface area contributed by atoms with Crippen LogP contribution >= 0.6 is 11.3 Å². The number of hydrogen-bond acceptors (Lipinski definition) is 3. The van der Waals surface area contributed by atoms with Gasteiger partial charge in [-0.15, -0.1) is 11.3 Å². The molecule has 1 aromatic heterocycles. The van der Waals surface area contributed by atoms with Gasteiger partial charge in [-0.2, -0.15) is 18.4 Å². The second-order valence-corrected chi connectivity index (χ2v) is 7.31. The number of rotatable bonds is 2. The van der Waals surface area contributed by atoms with Crippen LogP contribution in [0, 0.1) is 17.2 Å². The van der Waals surface area contributed by atoms with Crippen molar-refractivity contribution >= 4 is 22.2 Å². The Morgan fingerprint density at radius 2 is 2.16 bits per heavy atom. The van der Waals surface area contributed by atoms with Crippen LogP contribution in [0.4, 0.5) is 18.2 Å². The van der Waals surface area contributed by atoms with Crippen molar-refractivity contribution < 1.29 is 18.0 Å². The second-order valence-electron chi connectivity index (χ2n) is 6.20. The Balaban J connectivity index is 1.88. The first-order valence-corrected chi connectivity index (χ1v) is 8.64. The third-order valence-electron chi connectivity index (χ3n) is 4.30. The molecular formula is C18H15F3N2OS. The maximum absolute atomic E-state index is 12.8. The highest BCUT2D eigenvalue weighted by molar-refractivity contribution is 7.16. The molecule has 0 saturated heterocycles. The Labute approximate surface area is 147 Å². The number of fused-ring (bicyclic) bond motifs is 1. The highest BCUT2D eigenvalue weighted by atomic mass is 32.1. The normalized spacial score (nSPS) is 16.8. The van der Waals surface area contributed by atoms with E-state index in [-0.39, 0.29) is 5.56 Å². The summed E-state index contributed by atoms with van der Waals surface area (Å²) in [7, 11) is 0. The molecule has 0 bridgehead atoms.